The fourth-order valence-corrected chi connectivity index (χ4v) is 2.65. The van der Waals surface area contributed by atoms with Crippen LogP contribution in [0.3, 0.4) is 0 Å². The highest BCUT2D eigenvalue weighted by Gasteiger charge is 2.10. The third kappa shape index (κ3) is 3.78. The molecule has 2 nitrogen and oxygen atoms in total. The molecule has 0 aromatic heterocycles. The number of halogens is 2. The second-order valence-electron chi connectivity index (χ2n) is 5.21. The van der Waals surface area contributed by atoms with E-state index in [1.54, 1.807) is 30.3 Å². The molecule has 0 N–H and O–H groups in total. The summed E-state index contributed by atoms with van der Waals surface area (Å²) in [5, 5.41) is 0.709. The molecular formula is C20H14Cl2O2. The van der Waals surface area contributed by atoms with Gasteiger partial charge in [-0.2, -0.15) is 0 Å². The van der Waals surface area contributed by atoms with Crippen LogP contribution in [0.25, 0.3) is 11.1 Å². The van der Waals surface area contributed by atoms with E-state index in [1.165, 1.54) is 0 Å². The van der Waals surface area contributed by atoms with Crippen molar-refractivity contribution in [1.29, 1.82) is 0 Å². The summed E-state index contributed by atoms with van der Waals surface area (Å²) in [5.74, 6) is 0.282. The first-order chi connectivity index (χ1) is 11.6. The molecule has 0 saturated heterocycles. The maximum absolute atomic E-state index is 12.3. The Hall–Kier alpha value is -2.29. The van der Waals surface area contributed by atoms with Gasteiger partial charge in [-0.1, -0.05) is 83.9 Å². The summed E-state index contributed by atoms with van der Waals surface area (Å²) in [6.45, 7) is -0.0925. The highest BCUT2D eigenvalue weighted by atomic mass is 35.5. The molecule has 0 spiro atoms. The van der Waals surface area contributed by atoms with E-state index in [-0.39, 0.29) is 12.4 Å². The van der Waals surface area contributed by atoms with Crippen LogP contribution in [0.15, 0.2) is 72.8 Å². The summed E-state index contributed by atoms with van der Waals surface area (Å²) < 4.78 is 5.48. The molecule has 0 unspecified atom stereocenters. The van der Waals surface area contributed by atoms with Crippen LogP contribution in [0.5, 0.6) is 5.75 Å². The van der Waals surface area contributed by atoms with Crippen molar-refractivity contribution in [3.8, 4) is 16.9 Å². The number of rotatable bonds is 5. The fraction of sp³-hybridized carbons (Fsp3) is 0.0500. The van der Waals surface area contributed by atoms with Crippen molar-refractivity contribution in [2.75, 3.05) is 6.61 Å². The first-order valence-electron chi connectivity index (χ1n) is 7.40. The molecule has 0 saturated carbocycles. The molecule has 3 aromatic rings. The van der Waals surface area contributed by atoms with E-state index >= 15 is 0 Å². The van der Waals surface area contributed by atoms with Gasteiger partial charge in [0.25, 0.3) is 0 Å². The van der Waals surface area contributed by atoms with E-state index in [0.29, 0.717) is 21.4 Å². The smallest absolute Gasteiger partial charge is 0.200 e. The van der Waals surface area contributed by atoms with E-state index < -0.39 is 0 Å². The lowest BCUT2D eigenvalue weighted by Crippen LogP contribution is -2.11. The number of hydrogen-bond acceptors (Lipinski definition) is 2. The van der Waals surface area contributed by atoms with E-state index in [9.17, 15) is 4.79 Å². The molecule has 24 heavy (non-hydrogen) atoms. The molecule has 0 fully saturated rings. The highest BCUT2D eigenvalue weighted by molar-refractivity contribution is 6.42. The minimum Gasteiger partial charge on any atom is -0.484 e. The van der Waals surface area contributed by atoms with Crippen LogP contribution in [0.1, 0.15) is 10.4 Å². The molecule has 0 aliphatic rings. The first kappa shape index (κ1) is 16.6. The minimum atomic E-state index is -0.120. The molecule has 0 amide bonds. The van der Waals surface area contributed by atoms with Gasteiger partial charge in [0.05, 0.1) is 5.02 Å². The molecular weight excluding hydrogens is 343 g/mol. The van der Waals surface area contributed by atoms with Crippen molar-refractivity contribution in [3.05, 3.63) is 88.4 Å². The maximum atomic E-state index is 12.3. The van der Waals surface area contributed by atoms with Crippen LogP contribution in [-0.2, 0) is 0 Å². The van der Waals surface area contributed by atoms with Gasteiger partial charge in [-0.05, 0) is 23.3 Å². The zero-order valence-corrected chi connectivity index (χ0v) is 14.2. The quantitative estimate of drug-likeness (QED) is 0.530. The largest absolute Gasteiger partial charge is 0.484 e. The third-order valence-electron chi connectivity index (χ3n) is 3.59. The first-order valence-corrected chi connectivity index (χ1v) is 8.16. The number of Topliss-reactive ketones (excluding diaryl/α,β-unsaturated/α-hetero) is 1. The summed E-state index contributed by atoms with van der Waals surface area (Å²) in [6.07, 6.45) is 0. The van der Waals surface area contributed by atoms with Crippen LogP contribution in [-0.4, -0.2) is 12.4 Å². The van der Waals surface area contributed by atoms with Gasteiger partial charge in [-0.25, -0.2) is 0 Å². The Morgan fingerprint density at radius 1 is 0.792 bits per heavy atom. The lowest BCUT2D eigenvalue weighted by atomic mass is 10.0. The molecule has 120 valence electrons. The van der Waals surface area contributed by atoms with Gasteiger partial charge in [-0.3, -0.25) is 4.79 Å². The SMILES string of the molecule is O=C(COc1cccc(Cl)c1Cl)c1ccc(-c2ccccc2)cc1. The van der Waals surface area contributed by atoms with Crippen LogP contribution in [0, 0.1) is 0 Å². The second-order valence-corrected chi connectivity index (χ2v) is 5.99. The van der Waals surface area contributed by atoms with Crippen LogP contribution >= 0.6 is 23.2 Å². The van der Waals surface area contributed by atoms with Gasteiger partial charge in [0, 0.05) is 5.56 Å². The maximum Gasteiger partial charge on any atom is 0.200 e. The molecule has 0 aliphatic carbocycles. The van der Waals surface area contributed by atoms with E-state index in [1.807, 2.05) is 42.5 Å². The average molecular weight is 357 g/mol. The Morgan fingerprint density at radius 2 is 1.46 bits per heavy atom. The number of ether oxygens (including phenoxy) is 1. The summed E-state index contributed by atoms with van der Waals surface area (Å²) in [7, 11) is 0. The van der Waals surface area contributed by atoms with Crippen LogP contribution in [0.4, 0.5) is 0 Å². The number of carbonyl (C=O) groups excluding carboxylic acids is 1. The lowest BCUT2D eigenvalue weighted by Gasteiger charge is -2.08. The molecule has 3 rings (SSSR count). The number of ketones is 1. The molecule has 3 aromatic carbocycles. The van der Waals surface area contributed by atoms with Crippen LogP contribution < -0.4 is 4.74 Å². The Kier molecular flexibility index (Phi) is 5.19. The van der Waals surface area contributed by atoms with Crippen molar-refractivity contribution in [1.82, 2.24) is 0 Å². The predicted octanol–water partition coefficient (Wildman–Crippen LogP) is 5.92. The van der Waals surface area contributed by atoms with Crippen molar-refractivity contribution < 1.29 is 9.53 Å². The third-order valence-corrected chi connectivity index (χ3v) is 4.39. The Bertz CT molecular complexity index is 843. The molecule has 0 radical (unpaired) electrons. The summed E-state index contributed by atoms with van der Waals surface area (Å²) in [6, 6.07) is 22.5. The fourth-order valence-electron chi connectivity index (χ4n) is 2.30. The molecule has 0 aliphatic heterocycles. The summed E-state index contributed by atoms with van der Waals surface area (Å²) in [4.78, 5) is 12.3. The van der Waals surface area contributed by atoms with E-state index in [4.69, 9.17) is 27.9 Å². The van der Waals surface area contributed by atoms with Crippen molar-refractivity contribution in [2.24, 2.45) is 0 Å². The van der Waals surface area contributed by atoms with Gasteiger partial charge >= 0.3 is 0 Å². The summed E-state index contributed by atoms with van der Waals surface area (Å²) in [5.41, 5.74) is 2.76. The van der Waals surface area contributed by atoms with Crippen molar-refractivity contribution in [2.45, 2.75) is 0 Å². The summed E-state index contributed by atoms with van der Waals surface area (Å²) >= 11 is 12.0. The van der Waals surface area contributed by atoms with Gasteiger partial charge in [-0.15, -0.1) is 0 Å². The number of benzene rings is 3. The highest BCUT2D eigenvalue weighted by Crippen LogP contribution is 2.31. The molecule has 4 heteroatoms. The predicted molar refractivity (Wildman–Crippen MR) is 98.2 cm³/mol. The van der Waals surface area contributed by atoms with E-state index in [0.717, 1.165) is 11.1 Å². The number of carbonyl (C=O) groups is 1. The van der Waals surface area contributed by atoms with Crippen molar-refractivity contribution >= 4 is 29.0 Å². The minimum absolute atomic E-state index is 0.0925. The number of hydrogen-bond donors (Lipinski definition) is 0. The molecule has 0 bridgehead atoms. The average Bonchev–Trinajstić information content (AvgIpc) is 2.63. The van der Waals surface area contributed by atoms with Crippen molar-refractivity contribution in [3.63, 3.8) is 0 Å². The monoisotopic (exact) mass is 356 g/mol. The van der Waals surface area contributed by atoms with Gasteiger partial charge in [0.15, 0.2) is 12.4 Å². The Balaban J connectivity index is 1.68. The van der Waals surface area contributed by atoms with E-state index in [2.05, 4.69) is 0 Å². The molecule has 0 heterocycles. The Labute approximate surface area is 150 Å². The topological polar surface area (TPSA) is 26.3 Å². The van der Waals surface area contributed by atoms with Crippen LogP contribution in [0.2, 0.25) is 10.0 Å². The van der Waals surface area contributed by atoms with Gasteiger partial charge in [0.2, 0.25) is 0 Å². The normalized spacial score (nSPS) is 10.4. The zero-order valence-electron chi connectivity index (χ0n) is 12.7. The van der Waals surface area contributed by atoms with Gasteiger partial charge in [0.1, 0.15) is 10.8 Å². The lowest BCUT2D eigenvalue weighted by molar-refractivity contribution is 0.0921. The second kappa shape index (κ2) is 7.52. The Morgan fingerprint density at radius 3 is 2.17 bits per heavy atom. The molecule has 0 atom stereocenters. The zero-order chi connectivity index (χ0) is 16.9. The van der Waals surface area contributed by atoms with Gasteiger partial charge < -0.3 is 4.74 Å². The standard InChI is InChI=1S/C20H14Cl2O2/c21-17-7-4-8-19(20(17)22)24-13-18(23)16-11-9-15(10-12-16)14-5-2-1-3-6-14/h1-12H,13H2.